The number of carboxylic acid groups (broad SMARTS) is 1. The molecule has 1 N–H and O–H groups in total. The number of ether oxygens (including phenoxy) is 1. The van der Waals surface area contributed by atoms with Gasteiger partial charge in [-0.1, -0.05) is 33.6 Å². The Morgan fingerprint density at radius 2 is 2.08 bits per heavy atom. The molecular weight excluding hydrogens is 424 g/mol. The number of carboxylic acids is 1. The number of hydrogen-bond donors (Lipinski definition) is 1. The van der Waals surface area contributed by atoms with E-state index in [9.17, 15) is 9.59 Å². The van der Waals surface area contributed by atoms with Crippen LogP contribution in [0, 0.1) is 6.92 Å². The van der Waals surface area contributed by atoms with E-state index in [2.05, 4.69) is 15.9 Å². The van der Waals surface area contributed by atoms with Gasteiger partial charge in [0.25, 0.3) is 0 Å². The van der Waals surface area contributed by atoms with Crippen LogP contribution in [0.4, 0.5) is 0 Å². The Morgan fingerprint density at radius 3 is 2.81 bits per heavy atom. The summed E-state index contributed by atoms with van der Waals surface area (Å²) in [6.45, 7) is 1.89. The highest BCUT2D eigenvalue weighted by atomic mass is 79.9. The Morgan fingerprint density at radius 1 is 1.31 bits per heavy atom. The third kappa shape index (κ3) is 3.76. The molecule has 0 unspecified atom stereocenters. The Labute approximate surface area is 162 Å². The van der Waals surface area contributed by atoms with Crippen molar-refractivity contribution in [2.75, 3.05) is 6.61 Å². The molecule has 0 saturated heterocycles. The second kappa shape index (κ2) is 7.51. The van der Waals surface area contributed by atoms with Crippen LogP contribution in [0.2, 0.25) is 5.02 Å². The maximum Gasteiger partial charge on any atom is 0.306 e. The van der Waals surface area contributed by atoms with Gasteiger partial charge in [-0.25, -0.2) is 0 Å². The molecule has 0 fully saturated rings. The Kier molecular flexibility index (Phi) is 5.34. The van der Waals surface area contributed by atoms with Crippen LogP contribution in [0.3, 0.4) is 0 Å². The minimum atomic E-state index is -0.957. The normalized spacial score (nSPS) is 10.9. The molecule has 0 bridgehead atoms. The number of benzene rings is 2. The molecular formula is C19H14BrClO5. The summed E-state index contributed by atoms with van der Waals surface area (Å²) >= 11 is 9.60. The minimum absolute atomic E-state index is 0.00357. The van der Waals surface area contributed by atoms with Crippen LogP contribution in [-0.2, 0) is 4.79 Å². The van der Waals surface area contributed by atoms with Crippen molar-refractivity contribution in [1.82, 2.24) is 0 Å². The zero-order valence-corrected chi connectivity index (χ0v) is 16.1. The summed E-state index contributed by atoms with van der Waals surface area (Å²) in [6, 6.07) is 9.89. The van der Waals surface area contributed by atoms with Crippen molar-refractivity contribution >= 4 is 44.5 Å². The molecule has 134 valence electrons. The van der Waals surface area contributed by atoms with E-state index < -0.39 is 5.97 Å². The molecule has 0 atom stereocenters. The van der Waals surface area contributed by atoms with Gasteiger partial charge in [-0.05, 0) is 36.8 Å². The van der Waals surface area contributed by atoms with E-state index in [1.165, 1.54) is 6.07 Å². The first-order valence-electron chi connectivity index (χ1n) is 7.74. The summed E-state index contributed by atoms with van der Waals surface area (Å²) in [5.74, 6) is -0.239. The predicted molar refractivity (Wildman–Crippen MR) is 103 cm³/mol. The largest absolute Gasteiger partial charge is 0.492 e. The SMILES string of the molecule is Cc1cc(-c2cc(=O)c3cccc(Cl)c3o2)c(OCCC(=O)O)cc1Br. The number of carbonyl (C=O) groups is 1. The van der Waals surface area contributed by atoms with Gasteiger partial charge in [-0.15, -0.1) is 0 Å². The minimum Gasteiger partial charge on any atom is -0.492 e. The first-order valence-corrected chi connectivity index (χ1v) is 8.91. The van der Waals surface area contributed by atoms with Gasteiger partial charge < -0.3 is 14.3 Å². The van der Waals surface area contributed by atoms with Crippen LogP contribution in [0.1, 0.15) is 12.0 Å². The Balaban J connectivity index is 2.15. The van der Waals surface area contributed by atoms with Crippen LogP contribution in [-0.4, -0.2) is 17.7 Å². The van der Waals surface area contributed by atoms with Gasteiger partial charge in [0.1, 0.15) is 11.5 Å². The smallest absolute Gasteiger partial charge is 0.306 e. The molecule has 1 aromatic heterocycles. The summed E-state index contributed by atoms with van der Waals surface area (Å²) in [5.41, 5.74) is 1.54. The Hall–Kier alpha value is -2.31. The van der Waals surface area contributed by atoms with E-state index in [-0.39, 0.29) is 18.5 Å². The summed E-state index contributed by atoms with van der Waals surface area (Å²) in [4.78, 5) is 23.2. The standard InChI is InChI=1S/C19H14BrClO5/c1-10-7-12(16(8-13(10)20)25-6-5-18(23)24)17-9-15(22)11-3-2-4-14(21)19(11)26-17/h2-4,7-9H,5-6H2,1H3,(H,23,24). The van der Waals surface area contributed by atoms with Crippen molar-refractivity contribution < 1.29 is 19.1 Å². The van der Waals surface area contributed by atoms with E-state index in [4.69, 9.17) is 25.9 Å². The molecule has 0 saturated carbocycles. The van der Waals surface area contributed by atoms with Crippen molar-refractivity contribution in [1.29, 1.82) is 0 Å². The highest BCUT2D eigenvalue weighted by molar-refractivity contribution is 9.10. The second-order valence-corrected chi connectivity index (χ2v) is 6.94. The lowest BCUT2D eigenvalue weighted by molar-refractivity contribution is -0.137. The highest BCUT2D eigenvalue weighted by Gasteiger charge is 2.15. The summed E-state index contributed by atoms with van der Waals surface area (Å²) < 4.78 is 12.3. The maximum atomic E-state index is 12.4. The van der Waals surface area contributed by atoms with Gasteiger partial charge in [-0.3, -0.25) is 9.59 Å². The summed E-state index contributed by atoms with van der Waals surface area (Å²) in [6.07, 6.45) is -0.140. The lowest BCUT2D eigenvalue weighted by Gasteiger charge is -2.13. The topological polar surface area (TPSA) is 76.7 Å². The number of hydrogen-bond acceptors (Lipinski definition) is 4. The van der Waals surface area contributed by atoms with Gasteiger partial charge in [-0.2, -0.15) is 0 Å². The fraction of sp³-hybridized carbons (Fsp3) is 0.158. The average Bonchev–Trinajstić information content (AvgIpc) is 2.58. The predicted octanol–water partition coefficient (Wildman–Crippen LogP) is 5.04. The van der Waals surface area contributed by atoms with Crippen molar-refractivity contribution in [3.05, 3.63) is 61.7 Å². The van der Waals surface area contributed by atoms with Crippen LogP contribution in [0.15, 0.2) is 50.1 Å². The molecule has 1 heterocycles. The second-order valence-electron chi connectivity index (χ2n) is 5.68. The third-order valence-electron chi connectivity index (χ3n) is 3.81. The maximum absolute atomic E-state index is 12.4. The first-order chi connectivity index (χ1) is 12.4. The molecule has 0 radical (unpaired) electrons. The van der Waals surface area contributed by atoms with E-state index in [1.54, 1.807) is 30.3 Å². The highest BCUT2D eigenvalue weighted by Crippen LogP contribution is 2.36. The molecule has 0 aliphatic carbocycles. The van der Waals surface area contributed by atoms with E-state index in [1.807, 2.05) is 6.92 Å². The first kappa shape index (κ1) is 18.5. The van der Waals surface area contributed by atoms with Gasteiger partial charge in [0.05, 0.1) is 29.0 Å². The van der Waals surface area contributed by atoms with Crippen LogP contribution in [0.5, 0.6) is 5.75 Å². The number of aliphatic carboxylic acids is 1. The fourth-order valence-corrected chi connectivity index (χ4v) is 3.03. The third-order valence-corrected chi connectivity index (χ3v) is 4.96. The van der Waals surface area contributed by atoms with E-state index >= 15 is 0 Å². The van der Waals surface area contributed by atoms with Crippen molar-refractivity contribution in [3.63, 3.8) is 0 Å². The molecule has 26 heavy (non-hydrogen) atoms. The van der Waals surface area contributed by atoms with Crippen LogP contribution < -0.4 is 10.2 Å². The van der Waals surface area contributed by atoms with Crippen molar-refractivity contribution in [2.45, 2.75) is 13.3 Å². The zero-order chi connectivity index (χ0) is 18.8. The van der Waals surface area contributed by atoms with Crippen molar-refractivity contribution in [3.8, 4) is 17.1 Å². The number of halogens is 2. The average molecular weight is 438 g/mol. The van der Waals surface area contributed by atoms with Crippen molar-refractivity contribution in [2.24, 2.45) is 0 Å². The van der Waals surface area contributed by atoms with E-state index in [0.717, 1.165) is 10.0 Å². The van der Waals surface area contributed by atoms with Gasteiger partial charge in [0, 0.05) is 10.5 Å². The quantitative estimate of drug-likeness (QED) is 0.605. The van der Waals surface area contributed by atoms with Crippen LogP contribution in [0.25, 0.3) is 22.3 Å². The molecule has 0 spiro atoms. The fourth-order valence-electron chi connectivity index (χ4n) is 2.50. The molecule has 0 aliphatic rings. The van der Waals surface area contributed by atoms with E-state index in [0.29, 0.717) is 33.1 Å². The Bertz CT molecular complexity index is 1060. The number of aryl methyl sites for hydroxylation is 1. The molecule has 3 aromatic rings. The summed E-state index contributed by atoms with van der Waals surface area (Å²) in [5, 5.41) is 9.53. The van der Waals surface area contributed by atoms with Gasteiger partial charge in [0.2, 0.25) is 0 Å². The van der Waals surface area contributed by atoms with Gasteiger partial charge in [0.15, 0.2) is 11.0 Å². The monoisotopic (exact) mass is 436 g/mol. The molecule has 0 aliphatic heterocycles. The molecule has 5 nitrogen and oxygen atoms in total. The lowest BCUT2D eigenvalue weighted by atomic mass is 10.1. The lowest BCUT2D eigenvalue weighted by Crippen LogP contribution is -2.06. The van der Waals surface area contributed by atoms with Crippen LogP contribution >= 0.6 is 27.5 Å². The molecule has 3 rings (SSSR count). The number of para-hydroxylation sites is 1. The number of fused-ring (bicyclic) bond motifs is 1. The molecule has 2 aromatic carbocycles. The number of rotatable bonds is 5. The summed E-state index contributed by atoms with van der Waals surface area (Å²) in [7, 11) is 0. The zero-order valence-electron chi connectivity index (χ0n) is 13.7. The molecule has 0 amide bonds. The van der Waals surface area contributed by atoms with Gasteiger partial charge >= 0.3 is 5.97 Å². The molecule has 7 heteroatoms.